The van der Waals surface area contributed by atoms with E-state index in [4.69, 9.17) is 4.55 Å². The predicted molar refractivity (Wildman–Crippen MR) is 54.9 cm³/mol. The minimum absolute atomic E-state index is 0.0824. The van der Waals surface area contributed by atoms with Gasteiger partial charge in [0, 0.05) is 5.75 Å². The fourth-order valence-electron chi connectivity index (χ4n) is 1.38. The van der Waals surface area contributed by atoms with E-state index in [-0.39, 0.29) is 17.7 Å². The second-order valence-corrected chi connectivity index (χ2v) is 3.79. The van der Waals surface area contributed by atoms with E-state index in [2.05, 4.69) is 0 Å². The highest BCUT2D eigenvalue weighted by molar-refractivity contribution is 7.93. The zero-order valence-corrected chi connectivity index (χ0v) is 8.68. The van der Waals surface area contributed by atoms with Crippen LogP contribution < -0.4 is 0 Å². The molecule has 0 aromatic heterocycles. The SMILES string of the molecule is OSCCC(c1ccccc1)C(F)(F)F. The molecule has 0 aliphatic carbocycles. The number of halogens is 3. The van der Waals surface area contributed by atoms with Gasteiger partial charge in [0.15, 0.2) is 0 Å². The first-order valence-corrected chi connectivity index (χ1v) is 5.38. The zero-order chi connectivity index (χ0) is 11.3. The number of hydrogen-bond donors (Lipinski definition) is 1. The Hall–Kier alpha value is -0.680. The largest absolute Gasteiger partial charge is 0.395 e. The molecule has 1 aromatic rings. The zero-order valence-electron chi connectivity index (χ0n) is 7.87. The summed E-state index contributed by atoms with van der Waals surface area (Å²) < 4.78 is 46.4. The van der Waals surface area contributed by atoms with Crippen molar-refractivity contribution in [3.63, 3.8) is 0 Å². The summed E-state index contributed by atoms with van der Waals surface area (Å²) in [6.07, 6.45) is -4.36. The summed E-state index contributed by atoms with van der Waals surface area (Å²) in [4.78, 5) is 0. The smallest absolute Gasteiger partial charge is 0.330 e. The number of hydrogen-bond acceptors (Lipinski definition) is 2. The van der Waals surface area contributed by atoms with Crippen molar-refractivity contribution in [1.82, 2.24) is 0 Å². The van der Waals surface area contributed by atoms with Crippen LogP contribution in [0.4, 0.5) is 13.2 Å². The van der Waals surface area contributed by atoms with Crippen molar-refractivity contribution in [3.05, 3.63) is 35.9 Å². The van der Waals surface area contributed by atoms with Gasteiger partial charge in [0.25, 0.3) is 0 Å². The standard InChI is InChI=1S/C10H11F3OS/c11-10(12,13)9(6-7-15-14)8-4-2-1-3-5-8/h1-5,9,14H,6-7H2. The van der Waals surface area contributed by atoms with Crippen molar-refractivity contribution < 1.29 is 17.7 Å². The molecule has 1 atom stereocenters. The summed E-state index contributed by atoms with van der Waals surface area (Å²) in [5, 5.41) is 0. The number of rotatable bonds is 4. The normalized spacial score (nSPS) is 13.9. The lowest BCUT2D eigenvalue weighted by Crippen LogP contribution is -2.21. The summed E-state index contributed by atoms with van der Waals surface area (Å²) >= 11 is 0.441. The van der Waals surface area contributed by atoms with Crippen molar-refractivity contribution in [2.24, 2.45) is 0 Å². The molecule has 1 unspecified atom stereocenters. The molecule has 0 aliphatic rings. The molecule has 0 spiro atoms. The molecule has 84 valence electrons. The van der Waals surface area contributed by atoms with Crippen LogP contribution in [0.25, 0.3) is 0 Å². The second kappa shape index (κ2) is 5.42. The summed E-state index contributed by atoms with van der Waals surface area (Å²) in [5.41, 5.74) is 0.249. The van der Waals surface area contributed by atoms with Gasteiger partial charge in [-0.05, 0) is 24.0 Å². The molecular formula is C10H11F3OS. The molecule has 0 bridgehead atoms. The molecule has 1 N–H and O–H groups in total. The van der Waals surface area contributed by atoms with E-state index in [1.54, 1.807) is 18.2 Å². The maximum atomic E-state index is 12.6. The first kappa shape index (κ1) is 12.4. The van der Waals surface area contributed by atoms with Crippen LogP contribution in [0, 0.1) is 0 Å². The van der Waals surface area contributed by atoms with Crippen LogP contribution in [-0.2, 0) is 0 Å². The van der Waals surface area contributed by atoms with Crippen molar-refractivity contribution in [2.45, 2.75) is 18.5 Å². The summed E-state index contributed by atoms with van der Waals surface area (Å²) in [7, 11) is 0. The van der Waals surface area contributed by atoms with E-state index < -0.39 is 12.1 Å². The average Bonchev–Trinajstić information content (AvgIpc) is 2.18. The van der Waals surface area contributed by atoms with Gasteiger partial charge in [-0.3, -0.25) is 0 Å². The van der Waals surface area contributed by atoms with Gasteiger partial charge < -0.3 is 4.55 Å². The van der Waals surface area contributed by atoms with E-state index in [0.29, 0.717) is 12.0 Å². The minimum atomic E-state index is -4.25. The Labute approximate surface area is 90.5 Å². The number of alkyl halides is 3. The second-order valence-electron chi connectivity index (χ2n) is 3.13. The van der Waals surface area contributed by atoms with Crippen molar-refractivity contribution >= 4 is 12.0 Å². The Morgan fingerprint density at radius 2 is 1.80 bits per heavy atom. The highest BCUT2D eigenvalue weighted by atomic mass is 32.2. The van der Waals surface area contributed by atoms with E-state index in [0.717, 1.165) is 0 Å². The number of benzene rings is 1. The molecule has 0 aliphatic heterocycles. The molecule has 1 nitrogen and oxygen atoms in total. The molecule has 0 heterocycles. The Balaban J connectivity index is 2.82. The Kier molecular flexibility index (Phi) is 4.47. The van der Waals surface area contributed by atoms with Gasteiger partial charge in [-0.2, -0.15) is 13.2 Å². The highest BCUT2D eigenvalue weighted by Crippen LogP contribution is 2.37. The Morgan fingerprint density at radius 1 is 1.20 bits per heavy atom. The lowest BCUT2D eigenvalue weighted by Gasteiger charge is -2.19. The van der Waals surface area contributed by atoms with Crippen LogP contribution in [0.1, 0.15) is 17.9 Å². The van der Waals surface area contributed by atoms with Gasteiger partial charge in [-0.1, -0.05) is 30.3 Å². The molecule has 0 radical (unpaired) electrons. The molecule has 0 amide bonds. The van der Waals surface area contributed by atoms with Gasteiger partial charge in [0.05, 0.1) is 5.92 Å². The molecule has 15 heavy (non-hydrogen) atoms. The van der Waals surface area contributed by atoms with E-state index in [1.807, 2.05) is 0 Å². The molecule has 5 heteroatoms. The highest BCUT2D eigenvalue weighted by Gasteiger charge is 2.39. The molecule has 0 fully saturated rings. The monoisotopic (exact) mass is 236 g/mol. The van der Waals surface area contributed by atoms with E-state index in [1.165, 1.54) is 12.1 Å². The fourth-order valence-corrected chi connectivity index (χ4v) is 1.72. The third-order valence-corrected chi connectivity index (χ3v) is 2.51. The lowest BCUT2D eigenvalue weighted by atomic mass is 9.96. The molecule has 0 saturated carbocycles. The van der Waals surface area contributed by atoms with Crippen molar-refractivity contribution in [2.75, 3.05) is 5.75 Å². The van der Waals surface area contributed by atoms with E-state index >= 15 is 0 Å². The third kappa shape index (κ3) is 3.76. The van der Waals surface area contributed by atoms with Gasteiger partial charge in [0.2, 0.25) is 0 Å². The van der Waals surface area contributed by atoms with Crippen LogP contribution in [0.15, 0.2) is 30.3 Å². The predicted octanol–water partition coefficient (Wildman–Crippen LogP) is 3.93. The van der Waals surface area contributed by atoms with E-state index in [9.17, 15) is 13.2 Å². The first-order chi connectivity index (χ1) is 7.05. The average molecular weight is 236 g/mol. The quantitative estimate of drug-likeness (QED) is 0.799. The minimum Gasteiger partial charge on any atom is -0.330 e. The van der Waals surface area contributed by atoms with Crippen LogP contribution >= 0.6 is 12.0 Å². The van der Waals surface area contributed by atoms with Gasteiger partial charge >= 0.3 is 6.18 Å². The van der Waals surface area contributed by atoms with Crippen LogP contribution in [0.2, 0.25) is 0 Å². The van der Waals surface area contributed by atoms with Crippen LogP contribution in [0.3, 0.4) is 0 Å². The van der Waals surface area contributed by atoms with Crippen LogP contribution in [0.5, 0.6) is 0 Å². The Morgan fingerprint density at radius 3 is 2.27 bits per heavy atom. The summed E-state index contributed by atoms with van der Waals surface area (Å²) in [6.45, 7) is 0. The van der Waals surface area contributed by atoms with Gasteiger partial charge in [0.1, 0.15) is 0 Å². The molecule has 1 rings (SSSR count). The first-order valence-electron chi connectivity index (χ1n) is 4.43. The fraction of sp³-hybridized carbons (Fsp3) is 0.400. The Bertz CT molecular complexity index is 286. The topological polar surface area (TPSA) is 20.2 Å². The summed E-state index contributed by atoms with van der Waals surface area (Å²) in [6, 6.07) is 7.76. The van der Waals surface area contributed by atoms with Crippen molar-refractivity contribution in [1.29, 1.82) is 0 Å². The molecule has 0 saturated heterocycles. The van der Waals surface area contributed by atoms with Crippen molar-refractivity contribution in [3.8, 4) is 0 Å². The third-order valence-electron chi connectivity index (χ3n) is 2.09. The summed E-state index contributed by atoms with van der Waals surface area (Å²) in [5.74, 6) is -1.41. The molecular weight excluding hydrogens is 225 g/mol. The van der Waals surface area contributed by atoms with Gasteiger partial charge in [-0.15, -0.1) is 0 Å². The maximum absolute atomic E-state index is 12.6. The lowest BCUT2D eigenvalue weighted by molar-refractivity contribution is -0.150. The molecule has 1 aromatic carbocycles. The maximum Gasteiger partial charge on any atom is 0.395 e. The van der Waals surface area contributed by atoms with Gasteiger partial charge in [-0.25, -0.2) is 0 Å². The van der Waals surface area contributed by atoms with Crippen LogP contribution in [-0.4, -0.2) is 16.5 Å².